The fraction of sp³-hybridized carbons (Fsp3) is 0.273. The Morgan fingerprint density at radius 3 is 2.69 bits per heavy atom. The van der Waals surface area contributed by atoms with Gasteiger partial charge in [0.25, 0.3) is 0 Å². The van der Waals surface area contributed by atoms with Gasteiger partial charge in [0.05, 0.1) is 5.56 Å². The van der Waals surface area contributed by atoms with E-state index in [1.807, 2.05) is 13.8 Å². The van der Waals surface area contributed by atoms with Gasteiger partial charge in [0.15, 0.2) is 5.11 Å². The van der Waals surface area contributed by atoms with Crippen LogP contribution in [0.4, 0.5) is 5.69 Å². The number of thiocarbonyl (C=S) groups is 1. The van der Waals surface area contributed by atoms with Crippen molar-refractivity contribution in [2.75, 3.05) is 11.9 Å². The fourth-order valence-corrected chi connectivity index (χ4v) is 1.52. The summed E-state index contributed by atoms with van der Waals surface area (Å²) in [5.74, 6) is -0.927. The lowest BCUT2D eigenvalue weighted by molar-refractivity contribution is 0.0697. The van der Waals surface area contributed by atoms with Gasteiger partial charge in [-0.3, -0.25) is 0 Å². The summed E-state index contributed by atoms with van der Waals surface area (Å²) in [4.78, 5) is 10.7. The number of rotatable bonds is 3. The highest BCUT2D eigenvalue weighted by molar-refractivity contribution is 7.80. The van der Waals surface area contributed by atoms with Crippen molar-refractivity contribution in [3.8, 4) is 0 Å². The highest BCUT2D eigenvalue weighted by Gasteiger charge is 2.06. The van der Waals surface area contributed by atoms with Gasteiger partial charge in [-0.25, -0.2) is 4.79 Å². The Labute approximate surface area is 99.7 Å². The molecule has 0 spiro atoms. The lowest BCUT2D eigenvalue weighted by Gasteiger charge is -2.11. The first-order valence-electron chi connectivity index (χ1n) is 4.93. The standard InChI is InChI=1S/C11H14N2O2S/c1-3-12-11(16)13-9-5-4-8(10(14)15)6-7(9)2/h4-6H,3H2,1-2H3,(H,14,15)(H2,12,13,16). The summed E-state index contributed by atoms with van der Waals surface area (Å²) >= 11 is 5.04. The molecule has 0 saturated carbocycles. The third-order valence-corrected chi connectivity index (χ3v) is 2.31. The van der Waals surface area contributed by atoms with Crippen LogP contribution in [0.15, 0.2) is 18.2 Å². The van der Waals surface area contributed by atoms with Crippen LogP contribution in [0.25, 0.3) is 0 Å². The fourth-order valence-electron chi connectivity index (χ4n) is 1.26. The third kappa shape index (κ3) is 3.20. The van der Waals surface area contributed by atoms with E-state index in [9.17, 15) is 4.79 Å². The zero-order valence-corrected chi connectivity index (χ0v) is 10.0. The number of nitrogens with one attached hydrogen (secondary N) is 2. The normalized spacial score (nSPS) is 9.62. The van der Waals surface area contributed by atoms with Crippen molar-refractivity contribution in [1.82, 2.24) is 5.32 Å². The van der Waals surface area contributed by atoms with E-state index >= 15 is 0 Å². The summed E-state index contributed by atoms with van der Waals surface area (Å²) in [5.41, 5.74) is 1.94. The summed E-state index contributed by atoms with van der Waals surface area (Å²) in [6.45, 7) is 4.54. The van der Waals surface area contributed by atoms with E-state index in [2.05, 4.69) is 10.6 Å². The Balaban J connectivity index is 2.83. The van der Waals surface area contributed by atoms with Gasteiger partial charge in [0, 0.05) is 12.2 Å². The smallest absolute Gasteiger partial charge is 0.335 e. The first kappa shape index (κ1) is 12.4. The Kier molecular flexibility index (Phi) is 4.25. The van der Waals surface area contributed by atoms with Crippen LogP contribution in [0.3, 0.4) is 0 Å². The Bertz CT molecular complexity index is 418. The van der Waals surface area contributed by atoms with Crippen molar-refractivity contribution in [2.45, 2.75) is 13.8 Å². The third-order valence-electron chi connectivity index (χ3n) is 2.06. The molecule has 0 atom stereocenters. The molecule has 1 aromatic rings. The van der Waals surface area contributed by atoms with Crippen LogP contribution in [-0.4, -0.2) is 22.7 Å². The number of carboxylic acid groups (broad SMARTS) is 1. The van der Waals surface area contributed by atoms with Crippen molar-refractivity contribution >= 4 is 29.0 Å². The zero-order chi connectivity index (χ0) is 12.1. The van der Waals surface area contributed by atoms with Crippen molar-refractivity contribution in [1.29, 1.82) is 0 Å². The van der Waals surface area contributed by atoms with E-state index in [1.165, 1.54) is 0 Å². The molecule has 0 radical (unpaired) electrons. The summed E-state index contributed by atoms with van der Waals surface area (Å²) in [6, 6.07) is 4.87. The number of carboxylic acids is 1. The topological polar surface area (TPSA) is 61.4 Å². The molecular weight excluding hydrogens is 224 g/mol. The largest absolute Gasteiger partial charge is 0.478 e. The Morgan fingerprint density at radius 1 is 1.50 bits per heavy atom. The predicted octanol–water partition coefficient (Wildman–Crippen LogP) is 2.00. The maximum absolute atomic E-state index is 10.7. The minimum Gasteiger partial charge on any atom is -0.478 e. The molecule has 0 bridgehead atoms. The molecule has 4 nitrogen and oxygen atoms in total. The second-order valence-electron chi connectivity index (χ2n) is 3.32. The Morgan fingerprint density at radius 2 is 2.19 bits per heavy atom. The minimum absolute atomic E-state index is 0.275. The molecule has 86 valence electrons. The van der Waals surface area contributed by atoms with E-state index in [4.69, 9.17) is 17.3 Å². The number of hydrogen-bond donors (Lipinski definition) is 3. The number of anilines is 1. The van der Waals surface area contributed by atoms with Crippen molar-refractivity contribution in [2.24, 2.45) is 0 Å². The highest BCUT2D eigenvalue weighted by atomic mass is 32.1. The van der Waals surface area contributed by atoms with Crippen molar-refractivity contribution < 1.29 is 9.90 Å². The van der Waals surface area contributed by atoms with Gasteiger partial charge in [-0.1, -0.05) is 0 Å². The number of carbonyl (C=O) groups is 1. The van der Waals surface area contributed by atoms with Crippen molar-refractivity contribution in [3.05, 3.63) is 29.3 Å². The lowest BCUT2D eigenvalue weighted by Crippen LogP contribution is -2.28. The van der Waals surface area contributed by atoms with Crippen molar-refractivity contribution in [3.63, 3.8) is 0 Å². The van der Waals surface area contributed by atoms with E-state index in [1.54, 1.807) is 18.2 Å². The van der Waals surface area contributed by atoms with E-state index in [0.29, 0.717) is 5.11 Å². The predicted molar refractivity (Wildman–Crippen MR) is 68.0 cm³/mol. The van der Waals surface area contributed by atoms with Crippen LogP contribution in [0.5, 0.6) is 0 Å². The maximum Gasteiger partial charge on any atom is 0.335 e. The highest BCUT2D eigenvalue weighted by Crippen LogP contribution is 2.16. The quantitative estimate of drug-likeness (QED) is 0.703. The van der Waals surface area contributed by atoms with Crippen LogP contribution < -0.4 is 10.6 Å². The van der Waals surface area contributed by atoms with Crippen LogP contribution in [0.1, 0.15) is 22.8 Å². The van der Waals surface area contributed by atoms with Gasteiger partial charge in [-0.2, -0.15) is 0 Å². The number of aromatic carboxylic acids is 1. The van der Waals surface area contributed by atoms with Gasteiger partial charge >= 0.3 is 5.97 Å². The molecule has 0 aliphatic rings. The molecule has 0 fully saturated rings. The molecule has 0 aliphatic heterocycles. The summed E-state index contributed by atoms with van der Waals surface area (Å²) < 4.78 is 0. The second-order valence-corrected chi connectivity index (χ2v) is 3.73. The number of hydrogen-bond acceptors (Lipinski definition) is 2. The summed E-state index contributed by atoms with van der Waals surface area (Å²) in [6.07, 6.45) is 0. The minimum atomic E-state index is -0.927. The molecule has 0 aromatic heterocycles. The molecular formula is C11H14N2O2S. The monoisotopic (exact) mass is 238 g/mol. The molecule has 0 saturated heterocycles. The van der Waals surface area contributed by atoms with Gasteiger partial charge < -0.3 is 15.7 Å². The number of benzene rings is 1. The molecule has 0 aliphatic carbocycles. The van der Waals surface area contributed by atoms with Crippen LogP contribution in [-0.2, 0) is 0 Å². The van der Waals surface area contributed by atoms with E-state index < -0.39 is 5.97 Å². The molecule has 5 heteroatoms. The van der Waals surface area contributed by atoms with E-state index in [0.717, 1.165) is 17.8 Å². The van der Waals surface area contributed by atoms with Crippen LogP contribution >= 0.6 is 12.2 Å². The average molecular weight is 238 g/mol. The molecule has 0 heterocycles. The first-order chi connectivity index (χ1) is 7.54. The van der Waals surface area contributed by atoms with Gasteiger partial charge in [-0.05, 0) is 49.8 Å². The number of aryl methyl sites for hydroxylation is 1. The molecule has 16 heavy (non-hydrogen) atoms. The molecule has 0 amide bonds. The van der Waals surface area contributed by atoms with E-state index in [-0.39, 0.29) is 5.56 Å². The summed E-state index contributed by atoms with van der Waals surface area (Å²) in [5, 5.41) is 15.3. The Hall–Kier alpha value is -1.62. The summed E-state index contributed by atoms with van der Waals surface area (Å²) in [7, 11) is 0. The molecule has 0 unspecified atom stereocenters. The second kappa shape index (κ2) is 5.46. The van der Waals surface area contributed by atoms with Crippen LogP contribution in [0.2, 0.25) is 0 Å². The van der Waals surface area contributed by atoms with Gasteiger partial charge in [-0.15, -0.1) is 0 Å². The van der Waals surface area contributed by atoms with Crippen LogP contribution in [0, 0.1) is 6.92 Å². The average Bonchev–Trinajstić information content (AvgIpc) is 2.21. The van der Waals surface area contributed by atoms with Gasteiger partial charge in [0.2, 0.25) is 0 Å². The lowest BCUT2D eigenvalue weighted by atomic mass is 10.1. The maximum atomic E-state index is 10.7. The SMILES string of the molecule is CCNC(=S)Nc1ccc(C(=O)O)cc1C. The zero-order valence-electron chi connectivity index (χ0n) is 9.20. The molecule has 3 N–H and O–H groups in total. The van der Waals surface area contributed by atoms with Gasteiger partial charge in [0.1, 0.15) is 0 Å². The molecule has 1 rings (SSSR count). The first-order valence-corrected chi connectivity index (χ1v) is 5.34. The molecule has 1 aromatic carbocycles.